The van der Waals surface area contributed by atoms with Gasteiger partial charge in [-0.3, -0.25) is 0 Å². The Hall–Kier alpha value is -1.89. The minimum Gasteiger partial charge on any atom is -0.497 e. The molecule has 7 heteroatoms. The highest BCUT2D eigenvalue weighted by Gasteiger charge is 2.23. The van der Waals surface area contributed by atoms with E-state index in [9.17, 15) is 8.42 Å². The van der Waals surface area contributed by atoms with Gasteiger partial charge in [-0.15, -0.1) is 0 Å². The number of hydrogen-bond donors (Lipinski definition) is 0. The van der Waals surface area contributed by atoms with Crippen LogP contribution in [0.15, 0.2) is 28.8 Å². The Morgan fingerprint density at radius 1 is 1.30 bits per heavy atom. The van der Waals surface area contributed by atoms with Gasteiger partial charge in [-0.25, -0.2) is 8.42 Å². The van der Waals surface area contributed by atoms with E-state index in [0.29, 0.717) is 12.2 Å². The van der Waals surface area contributed by atoms with Crippen molar-refractivity contribution in [1.82, 2.24) is 10.1 Å². The summed E-state index contributed by atoms with van der Waals surface area (Å²) in [5.74, 6) is 1.35. The van der Waals surface area contributed by atoms with Gasteiger partial charge in [-0.05, 0) is 24.6 Å². The van der Waals surface area contributed by atoms with Gasteiger partial charge < -0.3 is 9.26 Å². The zero-order valence-corrected chi connectivity index (χ0v) is 12.3. The van der Waals surface area contributed by atoms with E-state index < -0.39 is 15.1 Å². The number of nitrogens with zero attached hydrogens (tertiary/aromatic N) is 2. The molecule has 0 aliphatic carbocycles. The SMILES string of the molecule is COc1ccc(Cc2noc([C@H](C)S(C)(=O)=O)n2)cc1. The Kier molecular flexibility index (Phi) is 4.08. The fourth-order valence-electron chi connectivity index (χ4n) is 1.61. The normalized spacial score (nSPS) is 13.2. The molecule has 1 aromatic heterocycles. The molecule has 1 atom stereocenters. The molecule has 0 fully saturated rings. The standard InChI is InChI=1S/C13H16N2O4S/c1-9(20(3,16)17)13-14-12(15-19-13)8-10-4-6-11(18-2)7-5-10/h4-7,9H,8H2,1-3H3/t9-/m0/s1. The second-order valence-corrected chi connectivity index (χ2v) is 6.91. The zero-order chi connectivity index (χ0) is 14.8. The molecule has 2 aromatic rings. The molecule has 0 saturated heterocycles. The van der Waals surface area contributed by atoms with Gasteiger partial charge in [0, 0.05) is 12.7 Å². The molecule has 0 unspecified atom stereocenters. The molecule has 0 aliphatic rings. The van der Waals surface area contributed by atoms with Crippen LogP contribution in [0.3, 0.4) is 0 Å². The van der Waals surface area contributed by atoms with Crippen LogP contribution in [-0.4, -0.2) is 31.9 Å². The van der Waals surface area contributed by atoms with E-state index in [1.54, 1.807) is 7.11 Å². The van der Waals surface area contributed by atoms with E-state index in [1.807, 2.05) is 24.3 Å². The molecule has 1 heterocycles. The molecule has 0 spiro atoms. The predicted molar refractivity (Wildman–Crippen MR) is 73.4 cm³/mol. The molecule has 0 N–H and O–H groups in total. The maximum Gasteiger partial charge on any atom is 0.244 e. The minimum absolute atomic E-state index is 0.121. The van der Waals surface area contributed by atoms with Crippen LogP contribution >= 0.6 is 0 Å². The van der Waals surface area contributed by atoms with E-state index in [4.69, 9.17) is 9.26 Å². The van der Waals surface area contributed by atoms with E-state index >= 15 is 0 Å². The number of ether oxygens (including phenoxy) is 1. The maximum atomic E-state index is 11.4. The summed E-state index contributed by atoms with van der Waals surface area (Å²) < 4.78 is 32.9. The summed E-state index contributed by atoms with van der Waals surface area (Å²) >= 11 is 0. The van der Waals surface area contributed by atoms with Crippen LogP contribution in [-0.2, 0) is 16.3 Å². The third-order valence-corrected chi connectivity index (χ3v) is 4.48. The second-order valence-electron chi connectivity index (χ2n) is 4.55. The van der Waals surface area contributed by atoms with Crippen molar-refractivity contribution < 1.29 is 17.7 Å². The average Bonchev–Trinajstić information content (AvgIpc) is 2.86. The second kappa shape index (κ2) is 5.62. The average molecular weight is 296 g/mol. The lowest BCUT2D eigenvalue weighted by Gasteiger charge is -2.02. The first kappa shape index (κ1) is 14.5. The minimum atomic E-state index is -3.24. The monoisotopic (exact) mass is 296 g/mol. The molecule has 0 bridgehead atoms. The maximum absolute atomic E-state index is 11.4. The highest BCUT2D eigenvalue weighted by molar-refractivity contribution is 7.90. The van der Waals surface area contributed by atoms with Gasteiger partial charge in [0.2, 0.25) is 5.89 Å². The summed E-state index contributed by atoms with van der Waals surface area (Å²) in [6.07, 6.45) is 1.62. The first-order chi connectivity index (χ1) is 9.40. The summed E-state index contributed by atoms with van der Waals surface area (Å²) in [7, 11) is -1.63. The largest absolute Gasteiger partial charge is 0.497 e. The van der Waals surface area contributed by atoms with Crippen LogP contribution in [0.25, 0.3) is 0 Å². The van der Waals surface area contributed by atoms with Crippen molar-refractivity contribution in [1.29, 1.82) is 0 Å². The topological polar surface area (TPSA) is 82.3 Å². The molecule has 1 aromatic carbocycles. The smallest absolute Gasteiger partial charge is 0.244 e. The molecular weight excluding hydrogens is 280 g/mol. The van der Waals surface area contributed by atoms with Crippen molar-refractivity contribution >= 4 is 9.84 Å². The lowest BCUT2D eigenvalue weighted by Crippen LogP contribution is -2.08. The Bertz CT molecular complexity index is 677. The lowest BCUT2D eigenvalue weighted by molar-refractivity contribution is 0.372. The molecule has 0 aliphatic heterocycles. The van der Waals surface area contributed by atoms with Crippen LogP contribution < -0.4 is 4.74 Å². The highest BCUT2D eigenvalue weighted by atomic mass is 32.2. The van der Waals surface area contributed by atoms with Crippen molar-refractivity contribution in [3.63, 3.8) is 0 Å². The number of methoxy groups -OCH3 is 1. The predicted octanol–water partition coefficient (Wildman–Crippen LogP) is 1.77. The Morgan fingerprint density at radius 2 is 1.95 bits per heavy atom. The van der Waals surface area contributed by atoms with E-state index in [0.717, 1.165) is 17.6 Å². The Labute approximate surface area is 117 Å². The molecule has 108 valence electrons. The van der Waals surface area contributed by atoms with E-state index in [1.165, 1.54) is 6.92 Å². The van der Waals surface area contributed by atoms with Gasteiger partial charge in [-0.2, -0.15) is 4.98 Å². The Morgan fingerprint density at radius 3 is 2.50 bits per heavy atom. The molecule has 2 rings (SSSR count). The quantitative estimate of drug-likeness (QED) is 0.836. The van der Waals surface area contributed by atoms with Crippen LogP contribution in [0.5, 0.6) is 5.75 Å². The number of benzene rings is 1. The van der Waals surface area contributed by atoms with Crippen LogP contribution in [0.4, 0.5) is 0 Å². The van der Waals surface area contributed by atoms with Gasteiger partial charge in [0.1, 0.15) is 11.0 Å². The van der Waals surface area contributed by atoms with E-state index in [-0.39, 0.29) is 5.89 Å². The van der Waals surface area contributed by atoms with Gasteiger partial charge in [0.15, 0.2) is 15.7 Å². The summed E-state index contributed by atoms with van der Waals surface area (Å²) in [5.41, 5.74) is 0.991. The van der Waals surface area contributed by atoms with E-state index in [2.05, 4.69) is 10.1 Å². The number of hydrogen-bond acceptors (Lipinski definition) is 6. The summed E-state index contributed by atoms with van der Waals surface area (Å²) in [6.45, 7) is 1.53. The van der Waals surface area contributed by atoms with Gasteiger partial charge in [0.25, 0.3) is 0 Å². The lowest BCUT2D eigenvalue weighted by atomic mass is 10.1. The molecule has 20 heavy (non-hydrogen) atoms. The van der Waals surface area contributed by atoms with Crippen molar-refractivity contribution in [3.8, 4) is 5.75 Å². The molecule has 0 saturated carbocycles. The zero-order valence-electron chi connectivity index (χ0n) is 11.5. The molecular formula is C13H16N2O4S. The fraction of sp³-hybridized carbons (Fsp3) is 0.385. The summed E-state index contributed by atoms with van der Waals surface area (Å²) in [6, 6.07) is 7.48. The first-order valence-electron chi connectivity index (χ1n) is 6.04. The van der Waals surface area contributed by atoms with Crippen molar-refractivity contribution in [2.45, 2.75) is 18.6 Å². The summed E-state index contributed by atoms with van der Waals surface area (Å²) in [5, 5.41) is 3.01. The molecule has 0 amide bonds. The third kappa shape index (κ3) is 3.36. The van der Waals surface area contributed by atoms with Crippen molar-refractivity contribution in [3.05, 3.63) is 41.5 Å². The van der Waals surface area contributed by atoms with Crippen LogP contribution in [0.2, 0.25) is 0 Å². The van der Waals surface area contributed by atoms with Gasteiger partial charge >= 0.3 is 0 Å². The molecule has 0 radical (unpaired) electrons. The number of sulfone groups is 1. The third-order valence-electron chi connectivity index (χ3n) is 3.00. The highest BCUT2D eigenvalue weighted by Crippen LogP contribution is 2.20. The number of rotatable bonds is 5. The Balaban J connectivity index is 2.13. The van der Waals surface area contributed by atoms with Crippen LogP contribution in [0.1, 0.15) is 29.5 Å². The first-order valence-corrected chi connectivity index (χ1v) is 8.00. The molecule has 6 nitrogen and oxygen atoms in total. The fourth-order valence-corrected chi connectivity index (χ4v) is 2.08. The number of aromatic nitrogens is 2. The van der Waals surface area contributed by atoms with Crippen molar-refractivity contribution in [2.24, 2.45) is 0 Å². The summed E-state index contributed by atoms with van der Waals surface area (Å²) in [4.78, 5) is 4.13. The van der Waals surface area contributed by atoms with Gasteiger partial charge in [-0.1, -0.05) is 17.3 Å². The van der Waals surface area contributed by atoms with Crippen LogP contribution in [0, 0.1) is 0 Å². The van der Waals surface area contributed by atoms with Gasteiger partial charge in [0.05, 0.1) is 7.11 Å². The van der Waals surface area contributed by atoms with Crippen molar-refractivity contribution in [2.75, 3.05) is 13.4 Å².